The lowest BCUT2D eigenvalue weighted by atomic mass is 10.1. The first-order chi connectivity index (χ1) is 4.16. The van der Waals surface area contributed by atoms with E-state index in [0.29, 0.717) is 12.8 Å². The van der Waals surface area contributed by atoms with Crippen molar-refractivity contribution in [3.63, 3.8) is 0 Å². The van der Waals surface area contributed by atoms with Crippen LogP contribution >= 0.6 is 0 Å². The maximum absolute atomic E-state index is 10.7. The summed E-state index contributed by atoms with van der Waals surface area (Å²) < 4.78 is 0. The van der Waals surface area contributed by atoms with E-state index in [-0.39, 0.29) is 5.78 Å². The van der Waals surface area contributed by atoms with E-state index in [9.17, 15) is 4.79 Å². The molecule has 0 aliphatic heterocycles. The predicted octanol–water partition coefficient (Wildman–Crippen LogP) is 1.13. The van der Waals surface area contributed by atoms with E-state index >= 15 is 0 Å². The second-order valence-electron chi connectivity index (χ2n) is 2.34. The van der Waals surface area contributed by atoms with Gasteiger partial charge in [0.15, 0.2) is 0 Å². The highest BCUT2D eigenvalue weighted by Crippen LogP contribution is 1.97. The highest BCUT2D eigenvalue weighted by molar-refractivity contribution is 5.78. The van der Waals surface area contributed by atoms with Crippen molar-refractivity contribution in [3.05, 3.63) is 0 Å². The molecule has 2 heteroatoms. The van der Waals surface area contributed by atoms with Crippen molar-refractivity contribution in [3.8, 4) is 0 Å². The molecular formula is C7H14O2. The van der Waals surface area contributed by atoms with Crippen LogP contribution in [-0.2, 0) is 4.79 Å². The number of hydrogen-bond acceptors (Lipinski definition) is 2. The zero-order valence-corrected chi connectivity index (χ0v) is 6.05. The first-order valence-electron chi connectivity index (χ1n) is 3.36. The topological polar surface area (TPSA) is 37.3 Å². The predicted molar refractivity (Wildman–Crippen MR) is 36.2 cm³/mol. The van der Waals surface area contributed by atoms with Crippen LogP contribution in [0, 0.1) is 0 Å². The van der Waals surface area contributed by atoms with Crippen molar-refractivity contribution >= 4 is 5.78 Å². The number of Topliss-reactive ketones (excluding diaryl/α,β-unsaturated/α-hetero) is 1. The van der Waals surface area contributed by atoms with E-state index in [2.05, 4.69) is 0 Å². The third kappa shape index (κ3) is 5.50. The van der Waals surface area contributed by atoms with Gasteiger partial charge in [-0.15, -0.1) is 0 Å². The number of ketones is 1. The van der Waals surface area contributed by atoms with Crippen molar-refractivity contribution in [1.82, 2.24) is 0 Å². The van der Waals surface area contributed by atoms with Crippen molar-refractivity contribution in [2.24, 2.45) is 0 Å². The first kappa shape index (κ1) is 8.63. The Morgan fingerprint density at radius 1 is 1.67 bits per heavy atom. The normalized spacial score (nSPS) is 13.2. The molecule has 0 saturated carbocycles. The molecule has 0 radical (unpaired) electrons. The van der Waals surface area contributed by atoms with Crippen LogP contribution in [0.3, 0.4) is 0 Å². The zero-order valence-electron chi connectivity index (χ0n) is 6.05. The van der Waals surface area contributed by atoms with Gasteiger partial charge in [0.25, 0.3) is 0 Å². The second-order valence-corrected chi connectivity index (χ2v) is 2.34. The molecule has 1 atom stereocenters. The molecule has 0 aliphatic rings. The maximum atomic E-state index is 10.7. The largest absolute Gasteiger partial charge is 0.393 e. The van der Waals surface area contributed by atoms with Crippen LogP contribution < -0.4 is 0 Å². The van der Waals surface area contributed by atoms with E-state index in [1.165, 1.54) is 0 Å². The molecule has 0 heterocycles. The average Bonchev–Trinajstić information content (AvgIpc) is 1.63. The van der Waals surface area contributed by atoms with Gasteiger partial charge in [-0.3, -0.25) is 4.79 Å². The lowest BCUT2D eigenvalue weighted by Crippen LogP contribution is -2.08. The molecule has 2 nitrogen and oxygen atoms in total. The highest BCUT2D eigenvalue weighted by atomic mass is 16.3. The minimum Gasteiger partial charge on any atom is -0.393 e. The van der Waals surface area contributed by atoms with Gasteiger partial charge in [0.2, 0.25) is 0 Å². The molecule has 0 aromatic rings. The number of hydrogen-bond donors (Lipinski definition) is 1. The fraction of sp³-hybridized carbons (Fsp3) is 0.857. The fourth-order valence-corrected chi connectivity index (χ4v) is 0.710. The Morgan fingerprint density at radius 2 is 2.22 bits per heavy atom. The van der Waals surface area contributed by atoms with E-state index in [4.69, 9.17) is 5.11 Å². The molecule has 0 saturated heterocycles. The summed E-state index contributed by atoms with van der Waals surface area (Å²) in [6.07, 6.45) is 1.33. The monoisotopic (exact) mass is 130 g/mol. The average molecular weight is 130 g/mol. The number of aliphatic hydroxyl groups is 1. The van der Waals surface area contributed by atoms with Gasteiger partial charge in [0, 0.05) is 12.8 Å². The van der Waals surface area contributed by atoms with Crippen LogP contribution in [0.1, 0.15) is 33.1 Å². The van der Waals surface area contributed by atoms with E-state index in [0.717, 1.165) is 6.42 Å². The van der Waals surface area contributed by atoms with Gasteiger partial charge in [-0.1, -0.05) is 6.92 Å². The Bertz CT molecular complexity index is 86.9. The first-order valence-corrected chi connectivity index (χ1v) is 3.36. The summed E-state index contributed by atoms with van der Waals surface area (Å²) in [5.41, 5.74) is 0. The standard InChI is InChI=1S/C7H14O2/c1-3-4-7(9)5-6(2)8/h6,8H,3-5H2,1-2H3/t6-/m1/s1. The Hall–Kier alpha value is -0.370. The molecule has 54 valence electrons. The Morgan fingerprint density at radius 3 is 2.56 bits per heavy atom. The third-order valence-electron chi connectivity index (χ3n) is 1.05. The van der Waals surface area contributed by atoms with Gasteiger partial charge in [-0.05, 0) is 13.3 Å². The minimum absolute atomic E-state index is 0.160. The van der Waals surface area contributed by atoms with Crippen LogP contribution in [0.4, 0.5) is 0 Å². The summed E-state index contributed by atoms with van der Waals surface area (Å²) in [7, 11) is 0. The summed E-state index contributed by atoms with van der Waals surface area (Å²) >= 11 is 0. The molecule has 0 rings (SSSR count). The van der Waals surface area contributed by atoms with E-state index in [1.807, 2.05) is 6.92 Å². The summed E-state index contributed by atoms with van der Waals surface area (Å²) in [5, 5.41) is 8.73. The van der Waals surface area contributed by atoms with Crippen molar-refractivity contribution in [2.75, 3.05) is 0 Å². The van der Waals surface area contributed by atoms with Crippen LogP contribution in [0.2, 0.25) is 0 Å². The van der Waals surface area contributed by atoms with Gasteiger partial charge in [-0.25, -0.2) is 0 Å². The van der Waals surface area contributed by atoms with Crippen molar-refractivity contribution in [2.45, 2.75) is 39.2 Å². The molecular weight excluding hydrogens is 116 g/mol. The van der Waals surface area contributed by atoms with Crippen molar-refractivity contribution < 1.29 is 9.90 Å². The SMILES string of the molecule is CCCC(=O)C[C@@H](C)O. The lowest BCUT2D eigenvalue weighted by Gasteiger charge is -1.99. The van der Waals surface area contributed by atoms with Gasteiger partial charge in [0.1, 0.15) is 5.78 Å². The number of aliphatic hydroxyl groups excluding tert-OH is 1. The molecule has 9 heavy (non-hydrogen) atoms. The fourth-order valence-electron chi connectivity index (χ4n) is 0.710. The summed E-state index contributed by atoms with van der Waals surface area (Å²) in [6.45, 7) is 3.59. The van der Waals surface area contributed by atoms with Crippen LogP contribution in [0.25, 0.3) is 0 Å². The van der Waals surface area contributed by atoms with Gasteiger partial charge in [0.05, 0.1) is 6.10 Å². The number of rotatable bonds is 4. The number of carbonyl (C=O) groups excluding carboxylic acids is 1. The minimum atomic E-state index is -0.468. The molecule has 0 aromatic carbocycles. The number of carbonyl (C=O) groups is 1. The van der Waals surface area contributed by atoms with Gasteiger partial charge < -0.3 is 5.11 Å². The van der Waals surface area contributed by atoms with Crippen LogP contribution in [0.15, 0.2) is 0 Å². The van der Waals surface area contributed by atoms with E-state index < -0.39 is 6.10 Å². The summed E-state index contributed by atoms with van der Waals surface area (Å²) in [6, 6.07) is 0. The second kappa shape index (κ2) is 4.50. The Balaban J connectivity index is 3.27. The highest BCUT2D eigenvalue weighted by Gasteiger charge is 2.03. The van der Waals surface area contributed by atoms with Gasteiger partial charge in [-0.2, -0.15) is 0 Å². The maximum Gasteiger partial charge on any atom is 0.135 e. The molecule has 0 unspecified atom stereocenters. The molecule has 0 aliphatic carbocycles. The zero-order chi connectivity index (χ0) is 7.28. The lowest BCUT2D eigenvalue weighted by molar-refractivity contribution is -0.120. The smallest absolute Gasteiger partial charge is 0.135 e. The quantitative estimate of drug-likeness (QED) is 0.619. The Labute approximate surface area is 55.9 Å². The van der Waals surface area contributed by atoms with Crippen LogP contribution in [-0.4, -0.2) is 17.0 Å². The Kier molecular flexibility index (Phi) is 4.32. The molecule has 0 spiro atoms. The molecule has 1 N–H and O–H groups in total. The third-order valence-corrected chi connectivity index (χ3v) is 1.05. The van der Waals surface area contributed by atoms with Gasteiger partial charge >= 0.3 is 0 Å². The molecule has 0 bridgehead atoms. The molecule has 0 fully saturated rings. The van der Waals surface area contributed by atoms with Crippen molar-refractivity contribution in [1.29, 1.82) is 0 Å². The summed E-state index contributed by atoms with van der Waals surface area (Å²) in [5.74, 6) is 0.160. The van der Waals surface area contributed by atoms with E-state index in [1.54, 1.807) is 6.92 Å². The van der Waals surface area contributed by atoms with Crippen LogP contribution in [0.5, 0.6) is 0 Å². The molecule has 0 aromatic heterocycles. The summed E-state index contributed by atoms with van der Waals surface area (Å²) in [4.78, 5) is 10.7. The molecule has 0 amide bonds.